The standard InChI is InChI=1S/C26H31N3O2.C2H2O4/c1-31-25-10-5-4-9-24(25)29-17-15-28(16-18-29)14-6-13-27-26(30)20-21-11-12-22-7-2-3-8-23(22)19-21;3-1(4)2(5)6/h2-5,7-12,19H,6,13-18,20H2,1H3,(H,27,30);(H,3,4)(H,5,6). The van der Waals surface area contributed by atoms with Crippen molar-refractivity contribution in [1.29, 1.82) is 0 Å². The number of piperazine rings is 1. The van der Waals surface area contributed by atoms with E-state index >= 15 is 0 Å². The number of benzene rings is 3. The second-order valence-corrected chi connectivity index (χ2v) is 8.67. The lowest BCUT2D eigenvalue weighted by Gasteiger charge is -2.36. The second kappa shape index (κ2) is 13.8. The van der Waals surface area contributed by atoms with Crippen molar-refractivity contribution in [3.05, 3.63) is 72.3 Å². The number of rotatable bonds is 8. The first-order chi connectivity index (χ1) is 17.9. The number of hydrogen-bond donors (Lipinski definition) is 3. The minimum atomic E-state index is -1.82. The summed E-state index contributed by atoms with van der Waals surface area (Å²) in [5.74, 6) is -2.62. The maximum Gasteiger partial charge on any atom is 0.414 e. The molecule has 1 fully saturated rings. The lowest BCUT2D eigenvalue weighted by molar-refractivity contribution is -0.159. The van der Waals surface area contributed by atoms with E-state index in [2.05, 4.69) is 51.5 Å². The van der Waals surface area contributed by atoms with Gasteiger partial charge in [-0.3, -0.25) is 9.69 Å². The van der Waals surface area contributed by atoms with Gasteiger partial charge in [0.05, 0.1) is 19.2 Å². The van der Waals surface area contributed by atoms with Crippen LogP contribution < -0.4 is 15.0 Å². The van der Waals surface area contributed by atoms with E-state index in [1.165, 1.54) is 16.5 Å². The molecule has 3 aromatic rings. The summed E-state index contributed by atoms with van der Waals surface area (Å²) in [5, 5.41) is 20.2. The normalized spacial score (nSPS) is 13.4. The molecule has 3 N–H and O–H groups in total. The van der Waals surface area contributed by atoms with E-state index in [1.807, 2.05) is 30.3 Å². The highest BCUT2D eigenvalue weighted by Crippen LogP contribution is 2.28. The second-order valence-electron chi connectivity index (χ2n) is 8.67. The van der Waals surface area contributed by atoms with E-state index in [9.17, 15) is 4.79 Å². The van der Waals surface area contributed by atoms with Crippen LogP contribution in [-0.2, 0) is 20.8 Å². The molecule has 1 aliphatic rings. The third-order valence-corrected chi connectivity index (χ3v) is 6.13. The van der Waals surface area contributed by atoms with Gasteiger partial charge in [0.2, 0.25) is 5.91 Å². The molecular weight excluding hydrogens is 474 g/mol. The third kappa shape index (κ3) is 8.50. The Morgan fingerprint density at radius 3 is 2.19 bits per heavy atom. The van der Waals surface area contributed by atoms with Gasteiger partial charge >= 0.3 is 11.9 Å². The number of carboxylic acids is 2. The van der Waals surface area contributed by atoms with Gasteiger partial charge in [0.15, 0.2) is 0 Å². The molecule has 0 aliphatic carbocycles. The predicted octanol–water partition coefficient (Wildman–Crippen LogP) is 2.88. The predicted molar refractivity (Wildman–Crippen MR) is 142 cm³/mol. The summed E-state index contributed by atoms with van der Waals surface area (Å²) < 4.78 is 5.50. The summed E-state index contributed by atoms with van der Waals surface area (Å²) in [7, 11) is 1.73. The fourth-order valence-electron chi connectivity index (χ4n) is 4.23. The summed E-state index contributed by atoms with van der Waals surface area (Å²) in [4.78, 5) is 35.4. The van der Waals surface area contributed by atoms with E-state index in [0.29, 0.717) is 6.42 Å². The first-order valence-electron chi connectivity index (χ1n) is 12.2. The Balaban J connectivity index is 0.000000568. The van der Waals surface area contributed by atoms with Crippen molar-refractivity contribution in [3.8, 4) is 5.75 Å². The summed E-state index contributed by atoms with van der Waals surface area (Å²) in [6, 6.07) is 22.7. The molecule has 4 rings (SSSR count). The molecule has 0 unspecified atom stereocenters. The highest BCUT2D eigenvalue weighted by molar-refractivity contribution is 6.27. The molecule has 196 valence electrons. The SMILES string of the molecule is COc1ccccc1N1CCN(CCCNC(=O)Cc2ccc3ccccc3c2)CC1.O=C(O)C(=O)O. The molecule has 0 spiro atoms. The minimum Gasteiger partial charge on any atom is -0.495 e. The quantitative estimate of drug-likeness (QED) is 0.315. The zero-order valence-corrected chi connectivity index (χ0v) is 20.9. The highest BCUT2D eigenvalue weighted by Gasteiger charge is 2.19. The van der Waals surface area contributed by atoms with Crippen molar-refractivity contribution in [2.24, 2.45) is 0 Å². The number of carbonyl (C=O) groups is 3. The monoisotopic (exact) mass is 507 g/mol. The zero-order valence-electron chi connectivity index (χ0n) is 20.9. The minimum absolute atomic E-state index is 0.0938. The van der Waals surface area contributed by atoms with Crippen LogP contribution in [0.3, 0.4) is 0 Å². The Bertz CT molecular complexity index is 1200. The fraction of sp³-hybridized carbons (Fsp3) is 0.321. The number of hydrogen-bond acceptors (Lipinski definition) is 6. The van der Waals surface area contributed by atoms with Crippen molar-refractivity contribution in [3.63, 3.8) is 0 Å². The summed E-state index contributed by atoms with van der Waals surface area (Å²) in [5.41, 5.74) is 2.23. The maximum absolute atomic E-state index is 12.3. The number of anilines is 1. The molecule has 0 radical (unpaired) electrons. The average molecular weight is 508 g/mol. The van der Waals surface area contributed by atoms with Crippen molar-refractivity contribution in [2.75, 3.05) is 51.3 Å². The number of fused-ring (bicyclic) bond motifs is 1. The van der Waals surface area contributed by atoms with E-state index in [-0.39, 0.29) is 5.91 Å². The van der Waals surface area contributed by atoms with Gasteiger partial charge in [0, 0.05) is 32.7 Å². The number of nitrogens with zero attached hydrogens (tertiary/aromatic N) is 2. The number of aliphatic carboxylic acids is 2. The number of carbonyl (C=O) groups excluding carboxylic acids is 1. The van der Waals surface area contributed by atoms with Crippen LogP contribution in [0.2, 0.25) is 0 Å². The van der Waals surface area contributed by atoms with Gasteiger partial charge in [-0.2, -0.15) is 0 Å². The van der Waals surface area contributed by atoms with Crippen molar-refractivity contribution >= 4 is 34.3 Å². The number of amides is 1. The maximum atomic E-state index is 12.3. The van der Waals surface area contributed by atoms with Crippen LogP contribution in [0.5, 0.6) is 5.75 Å². The van der Waals surface area contributed by atoms with Crippen LogP contribution >= 0.6 is 0 Å². The Morgan fingerprint density at radius 2 is 1.51 bits per heavy atom. The van der Waals surface area contributed by atoms with Gasteiger partial charge in [-0.15, -0.1) is 0 Å². The first kappa shape index (κ1) is 27.5. The zero-order chi connectivity index (χ0) is 26.6. The van der Waals surface area contributed by atoms with Crippen LogP contribution in [0.25, 0.3) is 10.8 Å². The molecule has 0 atom stereocenters. The van der Waals surface area contributed by atoms with Gasteiger partial charge in [0.1, 0.15) is 5.75 Å². The highest BCUT2D eigenvalue weighted by atomic mass is 16.5. The average Bonchev–Trinajstić information content (AvgIpc) is 2.91. The number of nitrogens with one attached hydrogen (secondary N) is 1. The van der Waals surface area contributed by atoms with Crippen LogP contribution in [-0.4, -0.2) is 79.3 Å². The van der Waals surface area contributed by atoms with Crippen molar-refractivity contribution in [1.82, 2.24) is 10.2 Å². The molecular formula is C28H33N3O6. The number of carboxylic acid groups (broad SMARTS) is 2. The smallest absolute Gasteiger partial charge is 0.414 e. The molecule has 1 aliphatic heterocycles. The molecule has 0 aromatic heterocycles. The van der Waals surface area contributed by atoms with Crippen LogP contribution in [0.1, 0.15) is 12.0 Å². The lowest BCUT2D eigenvalue weighted by Crippen LogP contribution is -2.47. The summed E-state index contributed by atoms with van der Waals surface area (Å²) >= 11 is 0. The summed E-state index contributed by atoms with van der Waals surface area (Å²) in [6.45, 7) is 5.78. The molecule has 1 amide bonds. The topological polar surface area (TPSA) is 119 Å². The molecule has 3 aromatic carbocycles. The van der Waals surface area contributed by atoms with Gasteiger partial charge < -0.3 is 25.2 Å². The van der Waals surface area contributed by atoms with Gasteiger partial charge in [-0.05, 0) is 41.4 Å². The largest absolute Gasteiger partial charge is 0.495 e. The lowest BCUT2D eigenvalue weighted by atomic mass is 10.0. The van der Waals surface area contributed by atoms with Gasteiger partial charge in [-0.1, -0.05) is 54.6 Å². The van der Waals surface area contributed by atoms with Crippen molar-refractivity contribution < 1.29 is 29.3 Å². The number of methoxy groups -OCH3 is 1. The summed E-state index contributed by atoms with van der Waals surface area (Å²) in [6.07, 6.45) is 1.40. The third-order valence-electron chi connectivity index (χ3n) is 6.13. The molecule has 9 nitrogen and oxygen atoms in total. The van der Waals surface area contributed by atoms with E-state index in [0.717, 1.165) is 57.0 Å². The molecule has 1 heterocycles. The number of ether oxygens (including phenoxy) is 1. The molecule has 0 saturated carbocycles. The first-order valence-corrected chi connectivity index (χ1v) is 12.2. The van der Waals surface area contributed by atoms with Gasteiger partial charge in [0.25, 0.3) is 0 Å². The Hall–Kier alpha value is -4.11. The van der Waals surface area contributed by atoms with E-state index < -0.39 is 11.9 Å². The van der Waals surface area contributed by atoms with Crippen molar-refractivity contribution in [2.45, 2.75) is 12.8 Å². The van der Waals surface area contributed by atoms with E-state index in [1.54, 1.807) is 7.11 Å². The van der Waals surface area contributed by atoms with Crippen LogP contribution in [0.4, 0.5) is 5.69 Å². The van der Waals surface area contributed by atoms with E-state index in [4.69, 9.17) is 24.5 Å². The molecule has 9 heteroatoms. The molecule has 1 saturated heterocycles. The fourth-order valence-corrected chi connectivity index (χ4v) is 4.23. The molecule has 0 bridgehead atoms. The molecule has 37 heavy (non-hydrogen) atoms. The number of para-hydroxylation sites is 2. The Kier molecular flexibility index (Phi) is 10.3. The Morgan fingerprint density at radius 1 is 0.865 bits per heavy atom. The van der Waals surface area contributed by atoms with Crippen LogP contribution in [0, 0.1) is 0 Å². The Labute approximate surface area is 216 Å². The van der Waals surface area contributed by atoms with Crippen LogP contribution in [0.15, 0.2) is 66.7 Å². The van der Waals surface area contributed by atoms with Gasteiger partial charge in [-0.25, -0.2) is 9.59 Å².